The van der Waals surface area contributed by atoms with Crippen LogP contribution < -0.4 is 15.6 Å². The molecule has 1 fully saturated rings. The van der Waals surface area contributed by atoms with E-state index in [1.807, 2.05) is 43.3 Å². The predicted molar refractivity (Wildman–Crippen MR) is 111 cm³/mol. The van der Waals surface area contributed by atoms with Crippen LogP contribution >= 0.6 is 11.8 Å². The molecule has 1 aliphatic carbocycles. The third-order valence-electron chi connectivity index (χ3n) is 4.65. The summed E-state index contributed by atoms with van der Waals surface area (Å²) in [5.74, 6) is 0.607. The fourth-order valence-corrected chi connectivity index (χ4v) is 3.98. The van der Waals surface area contributed by atoms with Gasteiger partial charge in [-0.05, 0) is 49.6 Å². The molecule has 3 aromatic rings. The molecule has 0 unspecified atom stereocenters. The number of methoxy groups -OCH3 is 1. The topological polar surface area (TPSA) is 73.2 Å². The molecule has 0 atom stereocenters. The number of aromatic nitrogens is 2. The van der Waals surface area contributed by atoms with Gasteiger partial charge in [-0.2, -0.15) is 0 Å². The zero-order valence-electron chi connectivity index (χ0n) is 15.8. The molecule has 7 heteroatoms. The third kappa shape index (κ3) is 3.75. The maximum absolute atomic E-state index is 12.9. The number of hydrogen-bond acceptors (Lipinski definition) is 5. The molecule has 2 aromatic carbocycles. The standard InChI is InChI=1S/C21H21N3O3S/c1-13-7-10-18(27-2)17(11-13)22-19(25)12-28-21-23-16-6-4-3-5-15(16)20(26)24(21)14-8-9-14/h3-7,10-11,14H,8-9,12H2,1-2H3,(H,22,25). The number of ether oxygens (including phenoxy) is 1. The Bertz CT molecular complexity index is 1110. The van der Waals surface area contributed by atoms with Crippen LogP contribution in [-0.2, 0) is 4.79 Å². The van der Waals surface area contributed by atoms with Crippen LogP contribution in [0.4, 0.5) is 5.69 Å². The lowest BCUT2D eigenvalue weighted by Gasteiger charge is -2.13. The minimum atomic E-state index is -0.168. The lowest BCUT2D eigenvalue weighted by molar-refractivity contribution is -0.113. The molecule has 1 heterocycles. The molecule has 1 aliphatic rings. The molecule has 0 saturated heterocycles. The van der Waals surface area contributed by atoms with Gasteiger partial charge >= 0.3 is 0 Å². The summed E-state index contributed by atoms with van der Waals surface area (Å²) in [5.41, 5.74) is 2.30. The molecular formula is C21H21N3O3S. The van der Waals surface area contributed by atoms with E-state index in [1.165, 1.54) is 11.8 Å². The predicted octanol–water partition coefficient (Wildman–Crippen LogP) is 3.78. The number of amides is 1. The van der Waals surface area contributed by atoms with Crippen molar-refractivity contribution in [1.82, 2.24) is 9.55 Å². The number of aryl methyl sites for hydroxylation is 1. The summed E-state index contributed by atoms with van der Waals surface area (Å²) in [6.45, 7) is 1.96. The summed E-state index contributed by atoms with van der Waals surface area (Å²) in [4.78, 5) is 30.0. The Labute approximate surface area is 166 Å². The maximum Gasteiger partial charge on any atom is 0.262 e. The lowest BCUT2D eigenvalue weighted by atomic mass is 10.2. The van der Waals surface area contributed by atoms with Crippen molar-refractivity contribution in [3.63, 3.8) is 0 Å². The number of anilines is 1. The molecule has 0 radical (unpaired) electrons. The van der Waals surface area contributed by atoms with Gasteiger partial charge in [0.15, 0.2) is 5.16 Å². The van der Waals surface area contributed by atoms with Crippen molar-refractivity contribution in [1.29, 1.82) is 0 Å². The second-order valence-corrected chi connectivity index (χ2v) is 7.80. The van der Waals surface area contributed by atoms with Crippen LogP contribution in [-0.4, -0.2) is 28.3 Å². The molecule has 0 spiro atoms. The smallest absolute Gasteiger partial charge is 0.262 e. The highest BCUT2D eigenvalue weighted by Crippen LogP contribution is 2.37. The maximum atomic E-state index is 12.9. The average molecular weight is 395 g/mol. The van der Waals surface area contributed by atoms with E-state index in [4.69, 9.17) is 4.74 Å². The normalized spacial score (nSPS) is 13.5. The van der Waals surface area contributed by atoms with E-state index < -0.39 is 0 Å². The molecule has 1 amide bonds. The molecule has 6 nitrogen and oxygen atoms in total. The van der Waals surface area contributed by atoms with Gasteiger partial charge in [0.2, 0.25) is 5.91 Å². The summed E-state index contributed by atoms with van der Waals surface area (Å²) in [6, 6.07) is 13.1. The van der Waals surface area contributed by atoms with Crippen LogP contribution in [0, 0.1) is 6.92 Å². The van der Waals surface area contributed by atoms with Crippen molar-refractivity contribution in [2.24, 2.45) is 0 Å². The fourth-order valence-electron chi connectivity index (χ4n) is 3.12. The number of hydrogen-bond donors (Lipinski definition) is 1. The number of carbonyl (C=O) groups is 1. The fraction of sp³-hybridized carbons (Fsp3) is 0.286. The highest BCUT2D eigenvalue weighted by Gasteiger charge is 2.28. The van der Waals surface area contributed by atoms with E-state index in [1.54, 1.807) is 17.7 Å². The largest absolute Gasteiger partial charge is 0.495 e. The molecule has 4 rings (SSSR count). The summed E-state index contributed by atoms with van der Waals surface area (Å²) in [7, 11) is 1.57. The molecule has 1 saturated carbocycles. The summed E-state index contributed by atoms with van der Waals surface area (Å²) in [6.07, 6.45) is 1.94. The van der Waals surface area contributed by atoms with E-state index >= 15 is 0 Å². The first kappa shape index (κ1) is 18.6. The minimum absolute atomic E-state index is 0.0311. The van der Waals surface area contributed by atoms with E-state index in [0.717, 1.165) is 18.4 Å². The first-order valence-corrected chi connectivity index (χ1v) is 10.1. The van der Waals surface area contributed by atoms with Crippen LogP contribution in [0.25, 0.3) is 10.9 Å². The van der Waals surface area contributed by atoms with Crippen LogP contribution in [0.15, 0.2) is 52.4 Å². The second-order valence-electron chi connectivity index (χ2n) is 6.86. The van der Waals surface area contributed by atoms with Crippen LogP contribution in [0.2, 0.25) is 0 Å². The van der Waals surface area contributed by atoms with Gasteiger partial charge in [0.05, 0.1) is 29.5 Å². The van der Waals surface area contributed by atoms with Gasteiger partial charge in [-0.25, -0.2) is 4.98 Å². The zero-order chi connectivity index (χ0) is 19.7. The van der Waals surface area contributed by atoms with Gasteiger partial charge in [-0.15, -0.1) is 0 Å². The number of benzene rings is 2. The first-order valence-electron chi connectivity index (χ1n) is 9.15. The number of thioether (sulfide) groups is 1. The van der Waals surface area contributed by atoms with Gasteiger partial charge in [-0.3, -0.25) is 14.2 Å². The van der Waals surface area contributed by atoms with Gasteiger partial charge in [0, 0.05) is 6.04 Å². The molecule has 28 heavy (non-hydrogen) atoms. The Morgan fingerprint density at radius 1 is 1.29 bits per heavy atom. The SMILES string of the molecule is COc1ccc(C)cc1NC(=O)CSc1nc2ccccc2c(=O)n1C1CC1. The molecular weight excluding hydrogens is 374 g/mol. The monoisotopic (exact) mass is 395 g/mol. The summed E-state index contributed by atoms with van der Waals surface area (Å²) < 4.78 is 7.05. The Kier molecular flexibility index (Phi) is 5.09. The second kappa shape index (κ2) is 7.67. The Balaban J connectivity index is 1.56. The van der Waals surface area contributed by atoms with Crippen LogP contribution in [0.1, 0.15) is 24.4 Å². The van der Waals surface area contributed by atoms with Crippen molar-refractivity contribution in [3.8, 4) is 5.75 Å². The Morgan fingerprint density at radius 3 is 2.82 bits per heavy atom. The molecule has 0 bridgehead atoms. The lowest BCUT2D eigenvalue weighted by Crippen LogP contribution is -2.23. The number of rotatable bonds is 6. The summed E-state index contributed by atoms with van der Waals surface area (Å²) >= 11 is 1.29. The number of fused-ring (bicyclic) bond motifs is 1. The quantitative estimate of drug-likeness (QED) is 0.508. The van der Waals surface area contributed by atoms with E-state index in [2.05, 4.69) is 10.3 Å². The van der Waals surface area contributed by atoms with Crippen LogP contribution in [0.3, 0.4) is 0 Å². The van der Waals surface area contributed by atoms with Gasteiger partial charge < -0.3 is 10.1 Å². The first-order chi connectivity index (χ1) is 13.6. The molecule has 144 valence electrons. The number of para-hydroxylation sites is 1. The van der Waals surface area contributed by atoms with E-state index in [-0.39, 0.29) is 23.3 Å². The van der Waals surface area contributed by atoms with Gasteiger partial charge in [-0.1, -0.05) is 30.0 Å². The van der Waals surface area contributed by atoms with Crippen LogP contribution in [0.5, 0.6) is 5.75 Å². The number of carbonyl (C=O) groups excluding carboxylic acids is 1. The molecule has 0 aliphatic heterocycles. The highest BCUT2D eigenvalue weighted by molar-refractivity contribution is 7.99. The Morgan fingerprint density at radius 2 is 2.07 bits per heavy atom. The van der Waals surface area contributed by atoms with E-state index in [0.29, 0.717) is 27.5 Å². The molecule has 1 aromatic heterocycles. The van der Waals surface area contributed by atoms with Gasteiger partial charge in [0.25, 0.3) is 5.56 Å². The number of nitrogens with zero attached hydrogens (tertiary/aromatic N) is 2. The Hall–Kier alpha value is -2.80. The third-order valence-corrected chi connectivity index (χ3v) is 5.60. The number of nitrogens with one attached hydrogen (secondary N) is 1. The van der Waals surface area contributed by atoms with E-state index in [9.17, 15) is 9.59 Å². The molecule has 1 N–H and O–H groups in total. The van der Waals surface area contributed by atoms with Crippen molar-refractivity contribution < 1.29 is 9.53 Å². The van der Waals surface area contributed by atoms with Crippen molar-refractivity contribution in [2.75, 3.05) is 18.2 Å². The summed E-state index contributed by atoms with van der Waals surface area (Å²) in [5, 5.41) is 4.10. The van der Waals surface area contributed by atoms with Crippen molar-refractivity contribution >= 4 is 34.3 Å². The van der Waals surface area contributed by atoms with Crippen molar-refractivity contribution in [2.45, 2.75) is 31.0 Å². The zero-order valence-corrected chi connectivity index (χ0v) is 16.6. The van der Waals surface area contributed by atoms with Gasteiger partial charge in [0.1, 0.15) is 5.75 Å². The average Bonchev–Trinajstić information content (AvgIpc) is 3.51. The minimum Gasteiger partial charge on any atom is -0.495 e. The highest BCUT2D eigenvalue weighted by atomic mass is 32.2. The van der Waals surface area contributed by atoms with Crippen molar-refractivity contribution in [3.05, 3.63) is 58.4 Å².